The van der Waals surface area contributed by atoms with Crippen LogP contribution in [0.2, 0.25) is 0 Å². The molecule has 0 aliphatic carbocycles. The predicted molar refractivity (Wildman–Crippen MR) is 109 cm³/mol. The Kier molecular flexibility index (Phi) is 5.08. The summed E-state index contributed by atoms with van der Waals surface area (Å²) in [5.41, 5.74) is 0.858. The highest BCUT2D eigenvalue weighted by molar-refractivity contribution is 7.93. The summed E-state index contributed by atoms with van der Waals surface area (Å²) in [7, 11) is -2.25. The van der Waals surface area contributed by atoms with Gasteiger partial charge in [0.15, 0.2) is 0 Å². The van der Waals surface area contributed by atoms with Gasteiger partial charge in [0, 0.05) is 18.7 Å². The third-order valence-electron chi connectivity index (χ3n) is 4.54. The van der Waals surface area contributed by atoms with Crippen molar-refractivity contribution in [2.24, 2.45) is 0 Å². The monoisotopic (exact) mass is 413 g/mol. The molecule has 150 valence electrons. The third-order valence-corrected chi connectivity index (χ3v) is 6.34. The lowest BCUT2D eigenvalue weighted by molar-refractivity contribution is -0.114. The maximum absolute atomic E-state index is 13.0. The molecule has 1 aliphatic rings. The van der Waals surface area contributed by atoms with E-state index < -0.39 is 15.9 Å². The van der Waals surface area contributed by atoms with E-state index in [0.717, 1.165) is 9.69 Å². The first-order valence-corrected chi connectivity index (χ1v) is 10.4. The second kappa shape index (κ2) is 7.69. The van der Waals surface area contributed by atoms with E-state index >= 15 is 0 Å². The Morgan fingerprint density at radius 3 is 2.69 bits per heavy atom. The van der Waals surface area contributed by atoms with Gasteiger partial charge in [0.05, 0.1) is 17.2 Å². The molecule has 2 aromatic carbocycles. The van der Waals surface area contributed by atoms with Gasteiger partial charge in [-0.1, -0.05) is 24.3 Å². The fourth-order valence-corrected chi connectivity index (χ4v) is 4.94. The van der Waals surface area contributed by atoms with Gasteiger partial charge in [-0.2, -0.15) is 0 Å². The minimum Gasteiger partial charge on any atom is -0.474 e. The normalized spacial score (nSPS) is 14.2. The summed E-state index contributed by atoms with van der Waals surface area (Å²) >= 11 is 0. The number of methoxy groups -OCH3 is 1. The average Bonchev–Trinajstić information content (AvgIpc) is 2.93. The van der Waals surface area contributed by atoms with E-state index in [1.165, 1.54) is 0 Å². The fraction of sp³-hybridized carbons (Fsp3) is 0.200. The minimum atomic E-state index is -3.80. The number of carbonyl (C=O) groups excluding carboxylic acids is 1. The molecular formula is C20H19N3O5S. The van der Waals surface area contributed by atoms with Crippen molar-refractivity contribution in [1.82, 2.24) is 4.98 Å². The number of nitrogens with one attached hydrogen (secondary N) is 1. The van der Waals surface area contributed by atoms with Crippen LogP contribution in [0.5, 0.6) is 5.88 Å². The van der Waals surface area contributed by atoms with Crippen LogP contribution in [0.4, 0.5) is 11.4 Å². The number of ether oxygens (including phenoxy) is 2. The number of hydrogen-bond donors (Lipinski definition) is 1. The fourth-order valence-electron chi connectivity index (χ4n) is 3.27. The van der Waals surface area contributed by atoms with Gasteiger partial charge in [-0.05, 0) is 29.7 Å². The molecule has 1 aromatic heterocycles. The number of hydrogen-bond acceptors (Lipinski definition) is 6. The van der Waals surface area contributed by atoms with Crippen LogP contribution >= 0.6 is 0 Å². The highest BCUT2D eigenvalue weighted by atomic mass is 32.2. The van der Waals surface area contributed by atoms with Crippen molar-refractivity contribution in [3.05, 3.63) is 54.7 Å². The van der Waals surface area contributed by atoms with E-state index in [2.05, 4.69) is 10.3 Å². The largest absolute Gasteiger partial charge is 0.474 e. The first kappa shape index (κ1) is 19.2. The number of amides is 1. The highest BCUT2D eigenvalue weighted by Gasteiger charge is 2.36. The summed E-state index contributed by atoms with van der Waals surface area (Å²) in [6.45, 7) is 0.287. The number of aromatic nitrogens is 1. The topological polar surface area (TPSA) is 97.8 Å². The van der Waals surface area contributed by atoms with Crippen LogP contribution in [-0.4, -0.2) is 46.2 Å². The second-order valence-corrected chi connectivity index (χ2v) is 8.22. The molecule has 0 saturated carbocycles. The van der Waals surface area contributed by atoms with Gasteiger partial charge < -0.3 is 14.8 Å². The maximum Gasteiger partial charge on any atom is 0.265 e. The molecule has 0 radical (unpaired) electrons. The number of anilines is 2. The van der Waals surface area contributed by atoms with Crippen molar-refractivity contribution in [2.75, 3.05) is 36.5 Å². The van der Waals surface area contributed by atoms with Crippen LogP contribution < -0.4 is 14.4 Å². The number of nitrogens with zero attached hydrogens (tertiary/aromatic N) is 2. The molecule has 0 atom stereocenters. The van der Waals surface area contributed by atoms with Crippen LogP contribution in [0.25, 0.3) is 10.8 Å². The standard InChI is InChI=1S/C20H19N3O5S/c1-27-11-12-28-20-15(7-4-10-21-20)22-18(24)13-23-16-8-2-5-14-6-3-9-17(19(14)16)29(23,25)26/h2-10H,11-13H2,1H3,(H,22,24). The second-order valence-electron chi connectivity index (χ2n) is 6.39. The van der Waals surface area contributed by atoms with Crippen molar-refractivity contribution < 1.29 is 22.7 Å². The SMILES string of the molecule is COCCOc1ncccc1NC(=O)CN1c2cccc3cccc(c23)S1(=O)=O. The van der Waals surface area contributed by atoms with E-state index in [4.69, 9.17) is 9.47 Å². The average molecular weight is 413 g/mol. The highest BCUT2D eigenvalue weighted by Crippen LogP contribution is 2.41. The lowest BCUT2D eigenvalue weighted by Gasteiger charge is -2.18. The van der Waals surface area contributed by atoms with Gasteiger partial charge in [0.2, 0.25) is 11.8 Å². The Morgan fingerprint density at radius 2 is 1.90 bits per heavy atom. The number of pyridine rings is 1. The van der Waals surface area contributed by atoms with Crippen LogP contribution in [0, 0.1) is 0 Å². The van der Waals surface area contributed by atoms with Crippen molar-refractivity contribution in [3.8, 4) is 5.88 Å². The van der Waals surface area contributed by atoms with E-state index in [0.29, 0.717) is 23.4 Å². The molecule has 0 spiro atoms. The van der Waals surface area contributed by atoms with Crippen molar-refractivity contribution in [1.29, 1.82) is 0 Å². The van der Waals surface area contributed by atoms with Crippen LogP contribution in [0.15, 0.2) is 59.6 Å². The van der Waals surface area contributed by atoms with Crippen LogP contribution in [0.1, 0.15) is 0 Å². The number of sulfonamides is 1. The first-order chi connectivity index (χ1) is 14.0. The Balaban J connectivity index is 1.57. The van der Waals surface area contributed by atoms with Gasteiger partial charge >= 0.3 is 0 Å². The molecule has 1 N–H and O–H groups in total. The lowest BCUT2D eigenvalue weighted by atomic mass is 10.1. The van der Waals surface area contributed by atoms with E-state index in [-0.39, 0.29) is 23.9 Å². The zero-order valence-corrected chi connectivity index (χ0v) is 16.5. The molecule has 0 fully saturated rings. The third kappa shape index (κ3) is 3.50. The molecule has 29 heavy (non-hydrogen) atoms. The summed E-state index contributed by atoms with van der Waals surface area (Å²) in [5.74, 6) is -0.254. The minimum absolute atomic E-state index is 0.211. The Morgan fingerprint density at radius 1 is 1.10 bits per heavy atom. The first-order valence-electron chi connectivity index (χ1n) is 8.93. The molecule has 8 nitrogen and oxygen atoms in total. The molecule has 4 rings (SSSR count). The molecule has 3 aromatic rings. The molecule has 9 heteroatoms. The van der Waals surface area contributed by atoms with Gasteiger partial charge in [0.25, 0.3) is 10.0 Å². The molecular weight excluding hydrogens is 394 g/mol. The molecule has 2 heterocycles. The van der Waals surface area contributed by atoms with Crippen molar-refractivity contribution in [2.45, 2.75) is 4.90 Å². The number of benzene rings is 2. The lowest BCUT2D eigenvalue weighted by Crippen LogP contribution is -2.35. The van der Waals surface area contributed by atoms with Crippen LogP contribution in [0.3, 0.4) is 0 Å². The Hall–Kier alpha value is -3.17. The number of rotatable bonds is 7. The summed E-state index contributed by atoms with van der Waals surface area (Å²) in [6, 6.07) is 13.7. The Bertz CT molecular complexity index is 1170. The summed E-state index contributed by atoms with van der Waals surface area (Å²) in [4.78, 5) is 17.0. The molecule has 0 bridgehead atoms. The molecule has 0 unspecified atom stereocenters. The van der Waals surface area contributed by atoms with Crippen molar-refractivity contribution >= 4 is 38.1 Å². The number of carbonyl (C=O) groups is 1. The van der Waals surface area contributed by atoms with Gasteiger partial charge in [0.1, 0.15) is 18.8 Å². The van der Waals surface area contributed by atoms with Crippen molar-refractivity contribution in [3.63, 3.8) is 0 Å². The maximum atomic E-state index is 13.0. The van der Waals surface area contributed by atoms with Gasteiger partial charge in [-0.15, -0.1) is 0 Å². The zero-order valence-electron chi connectivity index (χ0n) is 15.7. The summed E-state index contributed by atoms with van der Waals surface area (Å²) in [5, 5.41) is 4.13. The van der Waals surface area contributed by atoms with E-state index in [9.17, 15) is 13.2 Å². The molecule has 1 aliphatic heterocycles. The quantitative estimate of drug-likeness (QED) is 0.598. The smallest absolute Gasteiger partial charge is 0.265 e. The molecule has 1 amide bonds. The zero-order chi connectivity index (χ0) is 20.4. The van der Waals surface area contributed by atoms with Crippen LogP contribution in [-0.2, 0) is 19.6 Å². The van der Waals surface area contributed by atoms with E-state index in [1.54, 1.807) is 49.7 Å². The predicted octanol–water partition coefficient (Wildman–Crippen LogP) is 2.41. The van der Waals surface area contributed by atoms with Gasteiger partial charge in [-0.25, -0.2) is 13.4 Å². The summed E-state index contributed by atoms with van der Waals surface area (Å²) in [6.07, 6.45) is 1.54. The summed E-state index contributed by atoms with van der Waals surface area (Å²) < 4.78 is 37.6. The molecule has 0 saturated heterocycles. The van der Waals surface area contributed by atoms with E-state index in [1.807, 2.05) is 12.1 Å². The Labute approximate surface area is 168 Å². The van der Waals surface area contributed by atoms with Gasteiger partial charge in [-0.3, -0.25) is 9.10 Å².